The molecule has 0 spiro atoms. The van der Waals surface area contributed by atoms with Crippen LogP contribution in [0.15, 0.2) is 49.1 Å². The Balaban J connectivity index is 1.75. The van der Waals surface area contributed by atoms with E-state index in [2.05, 4.69) is 41.0 Å². The second kappa shape index (κ2) is 5.63. The fourth-order valence-electron chi connectivity index (χ4n) is 3.36. The molecule has 1 atom stereocenters. The average Bonchev–Trinajstić information content (AvgIpc) is 3.03. The number of amides is 1. The summed E-state index contributed by atoms with van der Waals surface area (Å²) in [5.41, 5.74) is 3.32. The third-order valence-corrected chi connectivity index (χ3v) is 4.59. The number of carbonyl (C=O) groups excluding carboxylic acids is 1. The van der Waals surface area contributed by atoms with Crippen LogP contribution in [0.4, 0.5) is 5.69 Å². The molecule has 1 aliphatic rings. The highest BCUT2D eigenvalue weighted by Crippen LogP contribution is 2.27. The molecule has 4 rings (SSSR count). The van der Waals surface area contributed by atoms with E-state index in [9.17, 15) is 4.79 Å². The van der Waals surface area contributed by atoms with Gasteiger partial charge in [0.25, 0.3) is 5.91 Å². The molecule has 1 aromatic carbocycles. The lowest BCUT2D eigenvalue weighted by Crippen LogP contribution is -2.42. The Hall–Kier alpha value is -2.89. The van der Waals surface area contributed by atoms with Gasteiger partial charge < -0.3 is 14.2 Å². The molecule has 6 nitrogen and oxygen atoms in total. The van der Waals surface area contributed by atoms with Crippen LogP contribution in [-0.4, -0.2) is 44.8 Å². The van der Waals surface area contributed by atoms with Crippen LogP contribution in [0.1, 0.15) is 23.0 Å². The van der Waals surface area contributed by atoms with Gasteiger partial charge in [0.1, 0.15) is 0 Å². The second-order valence-electron chi connectivity index (χ2n) is 6.23. The standard InChI is InChI=1S/C18H19N5O/c1-13-11-21(2)15-6-4-3-5-14(15)12-23(13)18(24)16-17-20-8-10-22(17)9-7-19-16/h3-10,13H,11-12H2,1-2H3. The highest BCUT2D eigenvalue weighted by atomic mass is 16.2. The molecule has 2 aromatic heterocycles. The molecule has 0 bridgehead atoms. The van der Waals surface area contributed by atoms with Gasteiger partial charge in [0.05, 0.1) is 0 Å². The lowest BCUT2D eigenvalue weighted by atomic mass is 10.1. The third kappa shape index (κ3) is 2.31. The van der Waals surface area contributed by atoms with Crippen molar-refractivity contribution in [3.63, 3.8) is 0 Å². The van der Waals surface area contributed by atoms with E-state index in [1.54, 1.807) is 18.6 Å². The summed E-state index contributed by atoms with van der Waals surface area (Å²) in [5.74, 6) is -0.0793. The van der Waals surface area contributed by atoms with E-state index in [0.717, 1.165) is 12.1 Å². The van der Waals surface area contributed by atoms with Gasteiger partial charge >= 0.3 is 0 Å². The molecule has 0 fully saturated rings. The second-order valence-corrected chi connectivity index (χ2v) is 6.23. The predicted molar refractivity (Wildman–Crippen MR) is 92.0 cm³/mol. The van der Waals surface area contributed by atoms with Gasteiger partial charge in [0.15, 0.2) is 11.3 Å². The van der Waals surface area contributed by atoms with Gasteiger partial charge in [-0.3, -0.25) is 4.79 Å². The predicted octanol–water partition coefficient (Wildman–Crippen LogP) is 2.21. The Morgan fingerprint density at radius 3 is 2.75 bits per heavy atom. The number of carbonyl (C=O) groups is 1. The minimum absolute atomic E-state index is 0.0759. The minimum Gasteiger partial charge on any atom is -0.372 e. The van der Waals surface area contributed by atoms with Crippen molar-refractivity contribution in [1.29, 1.82) is 0 Å². The zero-order valence-electron chi connectivity index (χ0n) is 13.8. The molecule has 0 N–H and O–H groups in total. The quantitative estimate of drug-likeness (QED) is 0.689. The van der Waals surface area contributed by atoms with Gasteiger partial charge in [0.2, 0.25) is 0 Å². The van der Waals surface area contributed by atoms with Gasteiger partial charge in [0, 0.05) is 56.7 Å². The van der Waals surface area contributed by atoms with Crippen LogP contribution in [0.2, 0.25) is 0 Å². The monoisotopic (exact) mass is 321 g/mol. The van der Waals surface area contributed by atoms with Crippen molar-refractivity contribution in [3.05, 3.63) is 60.3 Å². The Bertz CT molecular complexity index is 903. The first-order valence-corrected chi connectivity index (χ1v) is 8.03. The van der Waals surface area contributed by atoms with E-state index < -0.39 is 0 Å². The fraction of sp³-hybridized carbons (Fsp3) is 0.278. The lowest BCUT2D eigenvalue weighted by molar-refractivity contribution is 0.0682. The van der Waals surface area contributed by atoms with Gasteiger partial charge in [-0.15, -0.1) is 0 Å². The van der Waals surface area contributed by atoms with Crippen molar-refractivity contribution >= 4 is 17.2 Å². The van der Waals surface area contributed by atoms with E-state index in [1.165, 1.54) is 5.69 Å². The maximum Gasteiger partial charge on any atom is 0.276 e. The largest absolute Gasteiger partial charge is 0.372 e. The summed E-state index contributed by atoms with van der Waals surface area (Å²) in [6.45, 7) is 3.43. The molecule has 0 saturated carbocycles. The third-order valence-electron chi connectivity index (χ3n) is 4.59. The topological polar surface area (TPSA) is 53.7 Å². The number of hydrogen-bond acceptors (Lipinski definition) is 4. The molecule has 0 radical (unpaired) electrons. The Morgan fingerprint density at radius 2 is 1.92 bits per heavy atom. The van der Waals surface area contributed by atoms with Crippen molar-refractivity contribution in [2.75, 3.05) is 18.5 Å². The van der Waals surface area contributed by atoms with Crippen LogP contribution in [0, 0.1) is 0 Å². The first-order chi connectivity index (χ1) is 11.6. The summed E-state index contributed by atoms with van der Waals surface area (Å²) in [6.07, 6.45) is 6.95. The van der Waals surface area contributed by atoms with Gasteiger partial charge in [-0.25, -0.2) is 9.97 Å². The molecule has 1 unspecified atom stereocenters. The SMILES string of the molecule is CC1CN(C)c2ccccc2CN1C(=O)c1nccn2ccnc12. The molecule has 3 heterocycles. The number of para-hydroxylation sites is 1. The first-order valence-electron chi connectivity index (χ1n) is 8.03. The molecular weight excluding hydrogens is 302 g/mol. The summed E-state index contributed by atoms with van der Waals surface area (Å²) in [6, 6.07) is 8.30. The molecular formula is C18H19N5O. The summed E-state index contributed by atoms with van der Waals surface area (Å²) in [4.78, 5) is 25.9. The molecule has 3 aromatic rings. The Labute approximate surface area is 140 Å². The number of imidazole rings is 1. The normalized spacial score (nSPS) is 17.7. The summed E-state index contributed by atoms with van der Waals surface area (Å²) >= 11 is 0. The minimum atomic E-state index is -0.0793. The van der Waals surface area contributed by atoms with Crippen LogP contribution >= 0.6 is 0 Å². The highest BCUT2D eigenvalue weighted by Gasteiger charge is 2.29. The molecule has 0 aliphatic carbocycles. The fourth-order valence-corrected chi connectivity index (χ4v) is 3.36. The van der Waals surface area contributed by atoms with Crippen LogP contribution in [0.25, 0.3) is 5.65 Å². The smallest absolute Gasteiger partial charge is 0.276 e. The zero-order chi connectivity index (χ0) is 16.7. The van der Waals surface area contributed by atoms with E-state index in [1.807, 2.05) is 27.6 Å². The number of hydrogen-bond donors (Lipinski definition) is 0. The molecule has 0 saturated heterocycles. The zero-order valence-corrected chi connectivity index (χ0v) is 13.8. The Kier molecular flexibility index (Phi) is 3.45. The number of rotatable bonds is 1. The van der Waals surface area contributed by atoms with Crippen molar-refractivity contribution in [3.8, 4) is 0 Å². The number of nitrogens with zero attached hydrogens (tertiary/aromatic N) is 5. The number of anilines is 1. The molecule has 1 amide bonds. The molecule has 122 valence electrons. The first kappa shape index (κ1) is 14.7. The van der Waals surface area contributed by atoms with Crippen molar-refractivity contribution in [2.24, 2.45) is 0 Å². The maximum absolute atomic E-state index is 13.2. The summed E-state index contributed by atoms with van der Waals surface area (Å²) in [5, 5.41) is 0. The van der Waals surface area contributed by atoms with Gasteiger partial charge in [-0.2, -0.15) is 0 Å². The van der Waals surface area contributed by atoms with E-state index in [4.69, 9.17) is 0 Å². The van der Waals surface area contributed by atoms with Crippen molar-refractivity contribution < 1.29 is 4.79 Å². The van der Waals surface area contributed by atoms with E-state index in [-0.39, 0.29) is 11.9 Å². The highest BCUT2D eigenvalue weighted by molar-refractivity contribution is 5.98. The average molecular weight is 321 g/mol. The van der Waals surface area contributed by atoms with Gasteiger partial charge in [-0.05, 0) is 18.6 Å². The van der Waals surface area contributed by atoms with Crippen molar-refractivity contribution in [1.82, 2.24) is 19.3 Å². The van der Waals surface area contributed by atoms with Crippen LogP contribution in [0.5, 0.6) is 0 Å². The van der Waals surface area contributed by atoms with E-state index >= 15 is 0 Å². The van der Waals surface area contributed by atoms with Crippen LogP contribution in [-0.2, 0) is 6.54 Å². The molecule has 24 heavy (non-hydrogen) atoms. The number of likely N-dealkylation sites (N-methyl/N-ethyl adjacent to an activating group) is 1. The maximum atomic E-state index is 13.2. The van der Waals surface area contributed by atoms with Crippen molar-refractivity contribution in [2.45, 2.75) is 19.5 Å². The van der Waals surface area contributed by atoms with E-state index in [0.29, 0.717) is 17.9 Å². The summed E-state index contributed by atoms with van der Waals surface area (Å²) < 4.78 is 1.82. The summed E-state index contributed by atoms with van der Waals surface area (Å²) in [7, 11) is 2.07. The Morgan fingerprint density at radius 1 is 1.17 bits per heavy atom. The molecule has 6 heteroatoms. The van der Waals surface area contributed by atoms with Gasteiger partial charge in [-0.1, -0.05) is 18.2 Å². The lowest BCUT2D eigenvalue weighted by Gasteiger charge is -2.28. The number of aromatic nitrogens is 3. The number of benzene rings is 1. The van der Waals surface area contributed by atoms with Crippen LogP contribution in [0.3, 0.4) is 0 Å². The number of fused-ring (bicyclic) bond motifs is 2. The van der Waals surface area contributed by atoms with Crippen LogP contribution < -0.4 is 4.90 Å². The molecule has 1 aliphatic heterocycles.